The van der Waals surface area contributed by atoms with Gasteiger partial charge in [0, 0.05) is 20.0 Å². The van der Waals surface area contributed by atoms with Crippen LogP contribution >= 0.6 is 0 Å². The first-order valence-corrected chi connectivity index (χ1v) is 8.58. The summed E-state index contributed by atoms with van der Waals surface area (Å²) in [4.78, 5) is 36.5. The molecular formula is C19H28N2O4. The van der Waals surface area contributed by atoms with Crippen molar-refractivity contribution in [3.63, 3.8) is 0 Å². The van der Waals surface area contributed by atoms with E-state index in [2.05, 4.69) is 5.32 Å². The SMILES string of the molecule is CC(=O)N(CCc1ccccc1)CC(=O)NCC(CC(C)C)C(=O)O. The van der Waals surface area contributed by atoms with Crippen molar-refractivity contribution in [1.29, 1.82) is 0 Å². The Hall–Kier alpha value is -2.37. The fourth-order valence-electron chi connectivity index (χ4n) is 2.56. The lowest BCUT2D eigenvalue weighted by Crippen LogP contribution is -2.43. The van der Waals surface area contributed by atoms with Gasteiger partial charge in [0.1, 0.15) is 0 Å². The summed E-state index contributed by atoms with van der Waals surface area (Å²) in [5.74, 6) is -1.81. The molecule has 0 saturated heterocycles. The normalized spacial score (nSPS) is 11.8. The third kappa shape index (κ3) is 8.33. The summed E-state index contributed by atoms with van der Waals surface area (Å²) in [6, 6.07) is 9.74. The zero-order valence-corrected chi connectivity index (χ0v) is 15.2. The Bertz CT molecular complexity index is 572. The minimum absolute atomic E-state index is 0.0593. The number of rotatable bonds is 10. The van der Waals surface area contributed by atoms with Gasteiger partial charge in [-0.05, 0) is 24.3 Å². The standard InChI is InChI=1S/C19H28N2O4/c1-14(2)11-17(19(24)25)12-20-18(23)13-21(15(3)22)10-9-16-7-5-4-6-8-16/h4-8,14,17H,9-13H2,1-3H3,(H,20,23)(H,24,25). The Morgan fingerprint density at radius 3 is 2.32 bits per heavy atom. The van der Waals surface area contributed by atoms with Crippen LogP contribution in [0.2, 0.25) is 0 Å². The number of carbonyl (C=O) groups is 3. The molecule has 1 unspecified atom stereocenters. The van der Waals surface area contributed by atoms with Crippen LogP contribution in [0, 0.1) is 11.8 Å². The highest BCUT2D eigenvalue weighted by molar-refractivity contribution is 5.84. The van der Waals surface area contributed by atoms with Crippen LogP contribution in [-0.2, 0) is 20.8 Å². The fraction of sp³-hybridized carbons (Fsp3) is 0.526. The first-order chi connectivity index (χ1) is 11.8. The zero-order chi connectivity index (χ0) is 18.8. The molecule has 1 atom stereocenters. The van der Waals surface area contributed by atoms with Crippen LogP contribution < -0.4 is 5.32 Å². The average molecular weight is 348 g/mol. The molecule has 0 saturated carbocycles. The summed E-state index contributed by atoms with van der Waals surface area (Å²) < 4.78 is 0. The summed E-state index contributed by atoms with van der Waals surface area (Å²) in [6.07, 6.45) is 1.17. The Balaban J connectivity index is 2.49. The summed E-state index contributed by atoms with van der Waals surface area (Å²) in [5, 5.41) is 11.8. The van der Waals surface area contributed by atoms with Crippen molar-refractivity contribution in [2.75, 3.05) is 19.6 Å². The van der Waals surface area contributed by atoms with Crippen LogP contribution in [0.3, 0.4) is 0 Å². The van der Waals surface area contributed by atoms with E-state index in [1.165, 1.54) is 11.8 Å². The van der Waals surface area contributed by atoms with E-state index in [0.717, 1.165) is 5.56 Å². The molecule has 0 aliphatic heterocycles. The monoisotopic (exact) mass is 348 g/mol. The maximum Gasteiger partial charge on any atom is 0.308 e. The number of nitrogens with zero attached hydrogens (tertiary/aromatic N) is 1. The van der Waals surface area contributed by atoms with Gasteiger partial charge in [0.15, 0.2) is 0 Å². The second-order valence-corrected chi connectivity index (χ2v) is 6.64. The first kappa shape index (κ1) is 20.7. The number of amides is 2. The minimum atomic E-state index is -0.915. The number of aliphatic carboxylic acids is 1. The van der Waals surface area contributed by atoms with Gasteiger partial charge in [-0.25, -0.2) is 0 Å². The molecule has 0 heterocycles. The van der Waals surface area contributed by atoms with E-state index in [9.17, 15) is 19.5 Å². The van der Waals surface area contributed by atoms with Gasteiger partial charge in [0.2, 0.25) is 11.8 Å². The van der Waals surface area contributed by atoms with Crippen LogP contribution in [-0.4, -0.2) is 47.4 Å². The van der Waals surface area contributed by atoms with E-state index < -0.39 is 11.9 Å². The first-order valence-electron chi connectivity index (χ1n) is 8.58. The fourth-order valence-corrected chi connectivity index (χ4v) is 2.56. The van der Waals surface area contributed by atoms with Crippen molar-refractivity contribution >= 4 is 17.8 Å². The van der Waals surface area contributed by atoms with Gasteiger partial charge in [0.05, 0.1) is 12.5 Å². The molecule has 1 aromatic carbocycles. The Morgan fingerprint density at radius 1 is 1.16 bits per heavy atom. The van der Waals surface area contributed by atoms with Gasteiger partial charge in [-0.15, -0.1) is 0 Å². The van der Waals surface area contributed by atoms with Gasteiger partial charge < -0.3 is 15.3 Å². The largest absolute Gasteiger partial charge is 0.481 e. The number of hydrogen-bond acceptors (Lipinski definition) is 3. The molecule has 25 heavy (non-hydrogen) atoms. The lowest BCUT2D eigenvalue weighted by atomic mass is 9.97. The van der Waals surface area contributed by atoms with Gasteiger partial charge >= 0.3 is 5.97 Å². The number of carbonyl (C=O) groups excluding carboxylic acids is 2. The Morgan fingerprint density at radius 2 is 1.80 bits per heavy atom. The minimum Gasteiger partial charge on any atom is -0.481 e. The number of carboxylic acids is 1. The molecule has 0 aromatic heterocycles. The van der Waals surface area contributed by atoms with E-state index >= 15 is 0 Å². The topological polar surface area (TPSA) is 86.7 Å². The second kappa shape index (κ2) is 10.5. The third-order valence-corrected chi connectivity index (χ3v) is 3.94. The van der Waals surface area contributed by atoms with E-state index in [-0.39, 0.29) is 30.8 Å². The summed E-state index contributed by atoms with van der Waals surface area (Å²) in [5.41, 5.74) is 1.09. The highest BCUT2D eigenvalue weighted by Crippen LogP contribution is 2.11. The van der Waals surface area contributed by atoms with Crippen molar-refractivity contribution in [3.05, 3.63) is 35.9 Å². The summed E-state index contributed by atoms with van der Waals surface area (Å²) in [7, 11) is 0. The molecule has 0 bridgehead atoms. The molecular weight excluding hydrogens is 320 g/mol. The number of nitrogens with one attached hydrogen (secondary N) is 1. The maximum absolute atomic E-state index is 12.1. The van der Waals surface area contributed by atoms with Gasteiger partial charge in [-0.3, -0.25) is 14.4 Å². The van der Waals surface area contributed by atoms with E-state index in [0.29, 0.717) is 19.4 Å². The average Bonchev–Trinajstić information content (AvgIpc) is 2.55. The van der Waals surface area contributed by atoms with E-state index in [1.54, 1.807) is 0 Å². The molecule has 6 nitrogen and oxygen atoms in total. The van der Waals surface area contributed by atoms with Crippen molar-refractivity contribution in [3.8, 4) is 0 Å². The smallest absolute Gasteiger partial charge is 0.308 e. The van der Waals surface area contributed by atoms with Crippen LogP contribution in [0.25, 0.3) is 0 Å². The van der Waals surface area contributed by atoms with Crippen LogP contribution in [0.5, 0.6) is 0 Å². The summed E-state index contributed by atoms with van der Waals surface area (Å²) in [6.45, 7) is 5.78. The Kier molecular flexibility index (Phi) is 8.67. The lowest BCUT2D eigenvalue weighted by molar-refractivity contribution is -0.142. The number of benzene rings is 1. The molecule has 6 heteroatoms. The maximum atomic E-state index is 12.1. The van der Waals surface area contributed by atoms with Gasteiger partial charge in [-0.2, -0.15) is 0 Å². The quantitative estimate of drug-likeness (QED) is 0.676. The predicted octanol–water partition coefficient (Wildman–Crippen LogP) is 1.94. The predicted molar refractivity (Wildman–Crippen MR) is 96.0 cm³/mol. The van der Waals surface area contributed by atoms with Crippen LogP contribution in [0.4, 0.5) is 0 Å². The van der Waals surface area contributed by atoms with Gasteiger partial charge in [0.25, 0.3) is 0 Å². The van der Waals surface area contributed by atoms with Crippen LogP contribution in [0.1, 0.15) is 32.8 Å². The molecule has 2 amide bonds. The summed E-state index contributed by atoms with van der Waals surface area (Å²) >= 11 is 0. The third-order valence-electron chi connectivity index (χ3n) is 3.94. The highest BCUT2D eigenvalue weighted by Gasteiger charge is 2.20. The van der Waals surface area contributed by atoms with Crippen molar-refractivity contribution in [2.24, 2.45) is 11.8 Å². The van der Waals surface area contributed by atoms with Crippen molar-refractivity contribution < 1.29 is 19.5 Å². The second-order valence-electron chi connectivity index (χ2n) is 6.64. The van der Waals surface area contributed by atoms with E-state index in [4.69, 9.17) is 0 Å². The zero-order valence-electron chi connectivity index (χ0n) is 15.2. The lowest BCUT2D eigenvalue weighted by Gasteiger charge is -2.21. The van der Waals surface area contributed by atoms with Crippen molar-refractivity contribution in [2.45, 2.75) is 33.6 Å². The number of hydrogen-bond donors (Lipinski definition) is 2. The highest BCUT2D eigenvalue weighted by atomic mass is 16.4. The molecule has 0 spiro atoms. The molecule has 1 rings (SSSR count). The van der Waals surface area contributed by atoms with Crippen molar-refractivity contribution in [1.82, 2.24) is 10.2 Å². The Labute approximate surface area is 149 Å². The molecule has 0 fully saturated rings. The number of carboxylic acid groups (broad SMARTS) is 1. The molecule has 138 valence electrons. The molecule has 1 aromatic rings. The molecule has 2 N–H and O–H groups in total. The van der Waals surface area contributed by atoms with Gasteiger partial charge in [-0.1, -0.05) is 44.2 Å². The van der Waals surface area contributed by atoms with Crippen LogP contribution in [0.15, 0.2) is 30.3 Å². The molecule has 0 radical (unpaired) electrons. The molecule has 0 aliphatic rings. The van der Waals surface area contributed by atoms with E-state index in [1.807, 2.05) is 44.2 Å². The molecule has 0 aliphatic carbocycles.